The van der Waals surface area contributed by atoms with Crippen LogP contribution in [0.25, 0.3) is 0 Å². The maximum absolute atomic E-state index is 12.3. The fourth-order valence-corrected chi connectivity index (χ4v) is 3.45. The van der Waals surface area contributed by atoms with E-state index in [1.165, 1.54) is 0 Å². The van der Waals surface area contributed by atoms with Crippen molar-refractivity contribution in [3.8, 4) is 0 Å². The third kappa shape index (κ3) is 4.65. The van der Waals surface area contributed by atoms with E-state index in [9.17, 15) is 8.42 Å². The summed E-state index contributed by atoms with van der Waals surface area (Å²) in [6.07, 6.45) is 0. The minimum absolute atomic E-state index is 0.0379. The highest BCUT2D eigenvalue weighted by Gasteiger charge is 2.21. The Bertz CT molecular complexity index is 737. The second-order valence-electron chi connectivity index (χ2n) is 4.86. The van der Waals surface area contributed by atoms with Gasteiger partial charge in [-0.15, -0.1) is 0 Å². The summed E-state index contributed by atoms with van der Waals surface area (Å²) in [6.45, 7) is 0. The number of oxime groups is 2. The van der Waals surface area contributed by atoms with Gasteiger partial charge in [-0.05, 0) is 0 Å². The van der Waals surface area contributed by atoms with E-state index in [4.69, 9.17) is 10.4 Å². The van der Waals surface area contributed by atoms with Crippen LogP contribution >= 0.6 is 0 Å². The topological polar surface area (TPSA) is 99.3 Å². The molecule has 2 aromatic carbocycles. The predicted molar refractivity (Wildman–Crippen MR) is 88.2 cm³/mol. The van der Waals surface area contributed by atoms with Crippen molar-refractivity contribution in [3.63, 3.8) is 0 Å². The quantitative estimate of drug-likeness (QED) is 0.481. The Morgan fingerprint density at radius 3 is 1.39 bits per heavy atom. The van der Waals surface area contributed by atoms with Crippen molar-refractivity contribution in [2.45, 2.75) is 0 Å². The summed E-state index contributed by atoms with van der Waals surface area (Å²) in [6, 6.07) is 17.1. The molecule has 120 valence electrons. The average Bonchev–Trinajstić information content (AvgIpc) is 2.59. The summed E-state index contributed by atoms with van der Waals surface area (Å²) in [7, 11) is -3.68. The van der Waals surface area contributed by atoms with Gasteiger partial charge in [0.1, 0.15) is 11.4 Å². The Labute approximate surface area is 134 Å². The number of rotatable bonds is 6. The second-order valence-corrected chi connectivity index (χ2v) is 6.92. The van der Waals surface area contributed by atoms with Gasteiger partial charge in [-0.3, -0.25) is 0 Å². The van der Waals surface area contributed by atoms with Crippen molar-refractivity contribution < 1.29 is 18.8 Å². The molecule has 0 bridgehead atoms. The molecule has 0 spiro atoms. The molecule has 2 N–H and O–H groups in total. The van der Waals surface area contributed by atoms with E-state index < -0.39 is 21.3 Å². The molecule has 0 aliphatic rings. The lowest BCUT2D eigenvalue weighted by atomic mass is 10.1. The van der Waals surface area contributed by atoms with Crippen LogP contribution in [-0.2, 0) is 9.84 Å². The molecule has 23 heavy (non-hydrogen) atoms. The van der Waals surface area contributed by atoms with Crippen LogP contribution in [-0.4, -0.2) is 41.8 Å². The van der Waals surface area contributed by atoms with Gasteiger partial charge in [0, 0.05) is 11.1 Å². The lowest BCUT2D eigenvalue weighted by molar-refractivity contribution is 0.319. The Morgan fingerprint density at radius 1 is 0.739 bits per heavy atom. The van der Waals surface area contributed by atoms with Gasteiger partial charge >= 0.3 is 0 Å². The molecule has 0 unspecified atom stereocenters. The number of nitrogens with zero attached hydrogens (tertiary/aromatic N) is 2. The Hall–Kier alpha value is -2.67. The van der Waals surface area contributed by atoms with Crippen molar-refractivity contribution in [2.24, 2.45) is 10.3 Å². The maximum Gasteiger partial charge on any atom is 0.161 e. The first-order valence-corrected chi connectivity index (χ1v) is 8.61. The molecule has 0 fully saturated rings. The molecule has 0 heterocycles. The van der Waals surface area contributed by atoms with E-state index in [2.05, 4.69) is 10.3 Å². The molecule has 0 saturated carbocycles. The monoisotopic (exact) mass is 332 g/mol. The third-order valence-electron chi connectivity index (χ3n) is 3.17. The molecule has 2 rings (SSSR count). The molecule has 0 amide bonds. The Balaban J connectivity index is 2.19. The first kappa shape index (κ1) is 16.7. The van der Waals surface area contributed by atoms with Gasteiger partial charge in [0.2, 0.25) is 0 Å². The standard InChI is InChI=1S/C16H16N2O4S/c19-17-15(13-7-3-1-4-8-13)11-23(21,22)12-16(18-20)14-9-5-2-6-10-14/h1-10,19-20H,11-12H2. The first-order chi connectivity index (χ1) is 11.1. The summed E-state index contributed by atoms with van der Waals surface area (Å²) in [5, 5.41) is 24.4. The lowest BCUT2D eigenvalue weighted by Gasteiger charge is -2.08. The van der Waals surface area contributed by atoms with Gasteiger partial charge in [0.15, 0.2) is 9.84 Å². The second kappa shape index (κ2) is 7.55. The molecule has 0 aliphatic heterocycles. The third-order valence-corrected chi connectivity index (χ3v) is 4.60. The summed E-state index contributed by atoms with van der Waals surface area (Å²) >= 11 is 0. The highest BCUT2D eigenvalue weighted by molar-refractivity contribution is 7.92. The Kier molecular flexibility index (Phi) is 5.48. The molecule has 0 radical (unpaired) electrons. The zero-order valence-corrected chi connectivity index (χ0v) is 13.0. The van der Waals surface area contributed by atoms with E-state index in [0.29, 0.717) is 11.1 Å². The highest BCUT2D eigenvalue weighted by Crippen LogP contribution is 2.08. The van der Waals surface area contributed by atoms with Crippen LogP contribution in [0.4, 0.5) is 0 Å². The van der Waals surface area contributed by atoms with Crippen molar-refractivity contribution in [1.82, 2.24) is 0 Å². The van der Waals surface area contributed by atoms with Crippen LogP contribution in [0, 0.1) is 0 Å². The van der Waals surface area contributed by atoms with Gasteiger partial charge in [-0.25, -0.2) is 8.42 Å². The van der Waals surface area contributed by atoms with Crippen LogP contribution < -0.4 is 0 Å². The fraction of sp³-hybridized carbons (Fsp3) is 0.125. The molecule has 0 atom stereocenters. The van der Waals surface area contributed by atoms with Crippen LogP contribution in [0.15, 0.2) is 71.0 Å². The predicted octanol–water partition coefficient (Wildman–Crippen LogP) is 2.16. The van der Waals surface area contributed by atoms with Crippen LogP contribution in [0.1, 0.15) is 11.1 Å². The molecule has 0 aliphatic carbocycles. The van der Waals surface area contributed by atoms with Crippen LogP contribution in [0.5, 0.6) is 0 Å². The number of hydrogen-bond donors (Lipinski definition) is 2. The van der Waals surface area contributed by atoms with Crippen molar-refractivity contribution in [2.75, 3.05) is 11.5 Å². The molecule has 0 saturated heterocycles. The highest BCUT2D eigenvalue weighted by atomic mass is 32.2. The summed E-state index contributed by atoms with van der Waals surface area (Å²) in [5.41, 5.74) is 1.11. The first-order valence-electron chi connectivity index (χ1n) is 6.79. The van der Waals surface area contributed by atoms with Gasteiger partial charge < -0.3 is 10.4 Å². The van der Waals surface area contributed by atoms with E-state index in [1.54, 1.807) is 60.7 Å². The van der Waals surface area contributed by atoms with Crippen molar-refractivity contribution in [3.05, 3.63) is 71.8 Å². The molecule has 7 heteroatoms. The van der Waals surface area contributed by atoms with Gasteiger partial charge in [0.25, 0.3) is 0 Å². The summed E-state index contributed by atoms with van der Waals surface area (Å²) in [5.74, 6) is -0.918. The van der Waals surface area contributed by atoms with Crippen molar-refractivity contribution >= 4 is 21.3 Å². The largest absolute Gasteiger partial charge is 0.411 e. The number of hydrogen-bond acceptors (Lipinski definition) is 6. The SMILES string of the molecule is O=S(=O)(CC(=NO)c1ccccc1)CC(=NO)c1ccccc1. The summed E-state index contributed by atoms with van der Waals surface area (Å²) < 4.78 is 24.7. The maximum atomic E-state index is 12.3. The zero-order chi connectivity index (χ0) is 16.7. The van der Waals surface area contributed by atoms with Crippen LogP contribution in [0.2, 0.25) is 0 Å². The normalized spacial score (nSPS) is 13.0. The fourth-order valence-electron chi connectivity index (χ4n) is 2.07. The van der Waals surface area contributed by atoms with Gasteiger partial charge in [-0.2, -0.15) is 0 Å². The summed E-state index contributed by atoms with van der Waals surface area (Å²) in [4.78, 5) is 0. The van der Waals surface area contributed by atoms with Crippen molar-refractivity contribution in [1.29, 1.82) is 0 Å². The number of benzene rings is 2. The lowest BCUT2D eigenvalue weighted by Crippen LogP contribution is -2.25. The number of sulfone groups is 1. The van der Waals surface area contributed by atoms with Gasteiger partial charge in [-0.1, -0.05) is 71.0 Å². The average molecular weight is 332 g/mol. The van der Waals surface area contributed by atoms with E-state index in [-0.39, 0.29) is 11.4 Å². The minimum Gasteiger partial charge on any atom is -0.411 e. The smallest absolute Gasteiger partial charge is 0.161 e. The van der Waals surface area contributed by atoms with Crippen LogP contribution in [0.3, 0.4) is 0 Å². The van der Waals surface area contributed by atoms with Gasteiger partial charge in [0.05, 0.1) is 11.5 Å². The molecular formula is C16H16N2O4S. The van der Waals surface area contributed by atoms with E-state index >= 15 is 0 Å². The molecule has 2 aromatic rings. The van der Waals surface area contributed by atoms with E-state index in [1.807, 2.05) is 0 Å². The minimum atomic E-state index is -3.68. The molecular weight excluding hydrogens is 316 g/mol. The molecule has 6 nitrogen and oxygen atoms in total. The zero-order valence-electron chi connectivity index (χ0n) is 12.2. The molecule has 0 aromatic heterocycles. The Morgan fingerprint density at radius 2 is 1.09 bits per heavy atom. The van der Waals surface area contributed by atoms with E-state index in [0.717, 1.165) is 0 Å².